The van der Waals surface area contributed by atoms with Crippen molar-refractivity contribution in [2.24, 2.45) is 0 Å². The molecule has 7 heteroatoms. The molecule has 0 radical (unpaired) electrons. The number of anilines is 1. The Hall–Kier alpha value is -0.630. The summed E-state index contributed by atoms with van der Waals surface area (Å²) < 4.78 is 27.0. The summed E-state index contributed by atoms with van der Waals surface area (Å²) >= 11 is 3.24. The van der Waals surface area contributed by atoms with Gasteiger partial charge in [0.2, 0.25) is 10.0 Å². The highest BCUT2D eigenvalue weighted by Gasteiger charge is 2.35. The number of aliphatic hydroxyl groups excluding tert-OH is 1. The quantitative estimate of drug-likeness (QED) is 0.813. The molecule has 3 N–H and O–H groups in total. The van der Waals surface area contributed by atoms with E-state index in [0.717, 1.165) is 6.42 Å². The molecule has 18 heavy (non-hydrogen) atoms. The number of nitrogens with two attached hydrogens (primary N) is 1. The van der Waals surface area contributed by atoms with Crippen molar-refractivity contribution in [1.82, 2.24) is 4.31 Å². The molecule has 0 aromatic heterocycles. The molecule has 0 unspecified atom stereocenters. The maximum Gasteiger partial charge on any atom is 0.245 e. The first-order valence-electron chi connectivity index (χ1n) is 5.64. The monoisotopic (exact) mass is 334 g/mol. The molecule has 0 amide bonds. The standard InChI is InChI=1S/C11H15BrN2O3S/c12-8-3-4-10(13)11(6-8)18(16,17)14-5-1-2-9(14)7-15/h3-4,6,9,15H,1-2,5,7,13H2/t9-/m0/s1. The second-order valence-corrected chi connectivity index (χ2v) is 7.05. The van der Waals surface area contributed by atoms with Crippen LogP contribution in [0.5, 0.6) is 0 Å². The predicted octanol–water partition coefficient (Wildman–Crippen LogP) is 1.18. The molecule has 0 aliphatic carbocycles. The number of benzene rings is 1. The Bertz CT molecular complexity index is 547. The van der Waals surface area contributed by atoms with Crippen molar-refractivity contribution in [3.8, 4) is 0 Å². The van der Waals surface area contributed by atoms with Crippen LogP contribution in [-0.4, -0.2) is 37.0 Å². The minimum absolute atomic E-state index is 0.0947. The molecule has 100 valence electrons. The Balaban J connectivity index is 2.45. The first-order valence-corrected chi connectivity index (χ1v) is 7.88. The van der Waals surface area contributed by atoms with Gasteiger partial charge < -0.3 is 10.8 Å². The van der Waals surface area contributed by atoms with Crippen LogP contribution in [0.25, 0.3) is 0 Å². The van der Waals surface area contributed by atoms with Crippen molar-refractivity contribution in [2.45, 2.75) is 23.8 Å². The summed E-state index contributed by atoms with van der Waals surface area (Å²) in [4.78, 5) is 0.0947. The van der Waals surface area contributed by atoms with E-state index in [0.29, 0.717) is 17.4 Å². The van der Waals surface area contributed by atoms with E-state index < -0.39 is 10.0 Å². The topological polar surface area (TPSA) is 83.6 Å². The molecule has 1 aliphatic heterocycles. The lowest BCUT2D eigenvalue weighted by Gasteiger charge is -2.23. The SMILES string of the molecule is Nc1ccc(Br)cc1S(=O)(=O)N1CCC[C@H]1CO. The third-order valence-electron chi connectivity index (χ3n) is 3.10. The van der Waals surface area contributed by atoms with E-state index in [1.165, 1.54) is 10.4 Å². The zero-order valence-electron chi connectivity index (χ0n) is 9.71. The molecule has 0 saturated carbocycles. The van der Waals surface area contributed by atoms with Crippen molar-refractivity contribution < 1.29 is 13.5 Å². The Morgan fingerprint density at radius 2 is 2.22 bits per heavy atom. The van der Waals surface area contributed by atoms with Crippen molar-refractivity contribution in [1.29, 1.82) is 0 Å². The number of aliphatic hydroxyl groups is 1. The molecule has 1 aromatic rings. The lowest BCUT2D eigenvalue weighted by atomic mass is 10.2. The van der Waals surface area contributed by atoms with Gasteiger partial charge in [0, 0.05) is 17.1 Å². The number of hydrogen-bond donors (Lipinski definition) is 2. The van der Waals surface area contributed by atoms with Crippen LogP contribution in [-0.2, 0) is 10.0 Å². The fourth-order valence-electron chi connectivity index (χ4n) is 2.17. The average molecular weight is 335 g/mol. The lowest BCUT2D eigenvalue weighted by Crippen LogP contribution is -2.37. The predicted molar refractivity (Wildman–Crippen MR) is 72.6 cm³/mol. The van der Waals surface area contributed by atoms with E-state index in [4.69, 9.17) is 5.73 Å². The van der Waals surface area contributed by atoms with Crippen molar-refractivity contribution >= 4 is 31.6 Å². The Kier molecular flexibility index (Phi) is 3.96. The van der Waals surface area contributed by atoms with Crippen LogP contribution in [0, 0.1) is 0 Å². The second kappa shape index (κ2) is 5.16. The zero-order chi connectivity index (χ0) is 13.3. The molecule has 1 atom stereocenters. The third-order valence-corrected chi connectivity index (χ3v) is 5.60. The first-order chi connectivity index (χ1) is 8.46. The molecule has 1 aliphatic rings. The highest BCUT2D eigenvalue weighted by molar-refractivity contribution is 9.10. The minimum Gasteiger partial charge on any atom is -0.398 e. The van der Waals surface area contributed by atoms with Gasteiger partial charge in [-0.15, -0.1) is 0 Å². The number of nitrogen functional groups attached to an aromatic ring is 1. The van der Waals surface area contributed by atoms with Crippen molar-refractivity contribution in [3.05, 3.63) is 22.7 Å². The van der Waals surface area contributed by atoms with E-state index in [1.807, 2.05) is 0 Å². The van der Waals surface area contributed by atoms with E-state index in [2.05, 4.69) is 15.9 Å². The van der Waals surface area contributed by atoms with Gasteiger partial charge in [-0.05, 0) is 31.0 Å². The second-order valence-electron chi connectivity index (χ2n) is 4.28. The van der Waals surface area contributed by atoms with Gasteiger partial charge in [-0.1, -0.05) is 15.9 Å². The molecule has 0 spiro atoms. The fourth-order valence-corrected chi connectivity index (χ4v) is 4.51. The van der Waals surface area contributed by atoms with Gasteiger partial charge in [-0.3, -0.25) is 0 Å². The summed E-state index contributed by atoms with van der Waals surface area (Å²) in [5, 5.41) is 9.22. The Morgan fingerprint density at radius 1 is 1.50 bits per heavy atom. The molecule has 0 bridgehead atoms. The fraction of sp³-hybridized carbons (Fsp3) is 0.455. The molecule has 1 saturated heterocycles. The molecule has 2 rings (SSSR count). The number of halogens is 1. The Labute approximate surface area is 115 Å². The molecule has 1 aromatic carbocycles. The third kappa shape index (κ3) is 2.40. The minimum atomic E-state index is -3.63. The smallest absolute Gasteiger partial charge is 0.245 e. The largest absolute Gasteiger partial charge is 0.398 e. The first kappa shape index (κ1) is 13.8. The van der Waals surface area contributed by atoms with Crippen molar-refractivity contribution in [3.63, 3.8) is 0 Å². The molecule has 1 fully saturated rings. The highest BCUT2D eigenvalue weighted by Crippen LogP contribution is 2.30. The number of nitrogens with zero attached hydrogens (tertiary/aromatic N) is 1. The normalized spacial score (nSPS) is 21.3. The van der Waals surface area contributed by atoms with Gasteiger partial charge in [0.15, 0.2) is 0 Å². The van der Waals surface area contributed by atoms with Crippen LogP contribution in [0.2, 0.25) is 0 Å². The molecule has 5 nitrogen and oxygen atoms in total. The van der Waals surface area contributed by atoms with E-state index in [9.17, 15) is 13.5 Å². The Morgan fingerprint density at radius 3 is 2.89 bits per heavy atom. The summed E-state index contributed by atoms with van der Waals surface area (Å²) in [6.45, 7) is 0.270. The number of sulfonamides is 1. The lowest BCUT2D eigenvalue weighted by molar-refractivity contribution is 0.213. The van der Waals surface area contributed by atoms with Gasteiger partial charge >= 0.3 is 0 Å². The number of hydrogen-bond acceptors (Lipinski definition) is 4. The van der Waals surface area contributed by atoms with Crippen LogP contribution >= 0.6 is 15.9 Å². The summed E-state index contributed by atoms with van der Waals surface area (Å²) in [7, 11) is -3.63. The van der Waals surface area contributed by atoms with Gasteiger partial charge in [0.05, 0.1) is 12.3 Å². The van der Waals surface area contributed by atoms with Crippen LogP contribution in [0.1, 0.15) is 12.8 Å². The number of rotatable bonds is 3. The zero-order valence-corrected chi connectivity index (χ0v) is 12.1. The average Bonchev–Trinajstić information content (AvgIpc) is 2.81. The summed E-state index contributed by atoms with van der Waals surface area (Å²) in [6, 6.07) is 4.41. The van der Waals surface area contributed by atoms with E-state index in [-0.39, 0.29) is 23.2 Å². The van der Waals surface area contributed by atoms with Crippen LogP contribution < -0.4 is 5.73 Å². The van der Waals surface area contributed by atoms with Crippen molar-refractivity contribution in [2.75, 3.05) is 18.9 Å². The van der Waals surface area contributed by atoms with E-state index in [1.54, 1.807) is 12.1 Å². The van der Waals surface area contributed by atoms with Crippen LogP contribution in [0.3, 0.4) is 0 Å². The molecular weight excluding hydrogens is 320 g/mol. The van der Waals surface area contributed by atoms with Crippen LogP contribution in [0.4, 0.5) is 5.69 Å². The van der Waals surface area contributed by atoms with Gasteiger partial charge in [-0.2, -0.15) is 4.31 Å². The summed E-state index contributed by atoms with van der Waals surface area (Å²) in [6.07, 6.45) is 1.45. The highest BCUT2D eigenvalue weighted by atomic mass is 79.9. The molecular formula is C11H15BrN2O3S. The summed E-state index contributed by atoms with van der Waals surface area (Å²) in [5.41, 5.74) is 5.96. The maximum atomic E-state index is 12.5. The van der Waals surface area contributed by atoms with Gasteiger partial charge in [0.1, 0.15) is 4.90 Å². The maximum absolute atomic E-state index is 12.5. The van der Waals surface area contributed by atoms with Crippen LogP contribution in [0.15, 0.2) is 27.6 Å². The summed E-state index contributed by atoms with van der Waals surface area (Å²) in [5.74, 6) is 0. The van der Waals surface area contributed by atoms with E-state index >= 15 is 0 Å². The van der Waals surface area contributed by atoms with Gasteiger partial charge in [0.25, 0.3) is 0 Å². The van der Waals surface area contributed by atoms with Gasteiger partial charge in [-0.25, -0.2) is 8.42 Å². The molecule has 1 heterocycles.